The van der Waals surface area contributed by atoms with Crippen molar-refractivity contribution < 1.29 is 14.6 Å². The van der Waals surface area contributed by atoms with Crippen LogP contribution < -0.4 is 0 Å². The van der Waals surface area contributed by atoms with Crippen LogP contribution in [0.1, 0.15) is 110 Å². The van der Waals surface area contributed by atoms with Crippen molar-refractivity contribution in [1.82, 2.24) is 9.80 Å². The number of hydrogen-bond acceptors (Lipinski definition) is 5. The maximum absolute atomic E-state index is 11.8. The van der Waals surface area contributed by atoms with Crippen LogP contribution in [0.15, 0.2) is 24.0 Å². The molecule has 11 aliphatic carbocycles. The van der Waals surface area contributed by atoms with Gasteiger partial charge in [-0.3, -0.25) is 9.80 Å². The Balaban J connectivity index is 0.780. The maximum atomic E-state index is 11.8. The molecule has 3 aliphatic heterocycles. The van der Waals surface area contributed by atoms with Gasteiger partial charge in [-0.05, 0) is 165 Å². The van der Waals surface area contributed by atoms with E-state index in [9.17, 15) is 5.11 Å². The summed E-state index contributed by atoms with van der Waals surface area (Å²) in [5.41, 5.74) is 4.90. The molecule has 262 valence electrons. The summed E-state index contributed by atoms with van der Waals surface area (Å²) < 4.78 is 13.2. The second kappa shape index (κ2) is 9.56. The van der Waals surface area contributed by atoms with Crippen LogP contribution in [0.25, 0.3) is 0 Å². The highest BCUT2D eigenvalue weighted by molar-refractivity contribution is 5.36. The van der Waals surface area contributed by atoms with E-state index in [0.717, 1.165) is 61.8 Å². The Morgan fingerprint density at radius 2 is 1.79 bits per heavy atom. The molecule has 5 nitrogen and oxygen atoms in total. The van der Waals surface area contributed by atoms with E-state index in [1.54, 1.807) is 5.57 Å². The molecule has 3 spiro atoms. The van der Waals surface area contributed by atoms with Crippen molar-refractivity contribution in [1.29, 1.82) is 0 Å². The molecule has 14 aliphatic rings. The first-order valence-electron chi connectivity index (χ1n) is 21.1. The summed E-state index contributed by atoms with van der Waals surface area (Å²) in [5, 5.41) is 11.8. The van der Waals surface area contributed by atoms with E-state index in [0.29, 0.717) is 45.8 Å². The van der Waals surface area contributed by atoms with Crippen molar-refractivity contribution in [3.8, 4) is 0 Å². The van der Waals surface area contributed by atoms with Crippen molar-refractivity contribution in [3.05, 3.63) is 24.0 Å². The second-order valence-corrected chi connectivity index (χ2v) is 20.8. The van der Waals surface area contributed by atoms with Crippen molar-refractivity contribution in [2.24, 2.45) is 74.4 Å². The Bertz CT molecular complexity index is 1460. The Morgan fingerprint density at radius 3 is 2.73 bits per heavy atom. The fourth-order valence-corrected chi connectivity index (χ4v) is 19.1. The molecule has 0 amide bonds. The van der Waals surface area contributed by atoms with Gasteiger partial charge in [0.05, 0.1) is 25.6 Å². The van der Waals surface area contributed by atoms with E-state index in [4.69, 9.17) is 9.47 Å². The summed E-state index contributed by atoms with van der Waals surface area (Å²) in [6.45, 7) is 13.8. The first-order chi connectivity index (χ1) is 23.3. The summed E-state index contributed by atoms with van der Waals surface area (Å²) >= 11 is 0. The van der Waals surface area contributed by atoms with E-state index in [-0.39, 0.29) is 11.5 Å². The smallest absolute Gasteiger partial charge is 0.116 e. The van der Waals surface area contributed by atoms with Gasteiger partial charge < -0.3 is 14.6 Å². The average Bonchev–Trinajstić information content (AvgIpc) is 3.73. The lowest BCUT2D eigenvalue weighted by Crippen LogP contribution is -2.70. The van der Waals surface area contributed by atoms with E-state index in [1.807, 2.05) is 0 Å². The van der Waals surface area contributed by atoms with Gasteiger partial charge in [0.25, 0.3) is 0 Å². The van der Waals surface area contributed by atoms with Crippen molar-refractivity contribution in [2.45, 2.75) is 128 Å². The van der Waals surface area contributed by atoms with Crippen molar-refractivity contribution in [2.75, 3.05) is 39.4 Å². The van der Waals surface area contributed by atoms with E-state index < -0.39 is 0 Å². The molecule has 5 unspecified atom stereocenters. The number of allylic oxidation sites excluding steroid dienone is 1. The summed E-state index contributed by atoms with van der Waals surface area (Å²) in [7, 11) is 0. The molecular formula is C43H62N2O3. The molecule has 0 aromatic heterocycles. The fraction of sp³-hybridized carbons (Fsp3) is 0.907. The van der Waals surface area contributed by atoms with Crippen LogP contribution in [-0.4, -0.2) is 72.7 Å². The van der Waals surface area contributed by atoms with Crippen molar-refractivity contribution in [3.63, 3.8) is 0 Å². The van der Waals surface area contributed by atoms with Crippen LogP contribution in [0.5, 0.6) is 0 Å². The van der Waals surface area contributed by atoms with Crippen LogP contribution >= 0.6 is 0 Å². The highest BCUT2D eigenvalue weighted by atomic mass is 16.5. The van der Waals surface area contributed by atoms with Gasteiger partial charge in [0.1, 0.15) is 6.23 Å². The number of likely N-dealkylation sites (tertiary alicyclic amines) is 1. The minimum absolute atomic E-state index is 0.132. The number of fused-ring (bicyclic) bond motifs is 6. The summed E-state index contributed by atoms with van der Waals surface area (Å²) in [5.74, 6) is 6.30. The molecule has 11 saturated carbocycles. The van der Waals surface area contributed by atoms with Gasteiger partial charge in [-0.1, -0.05) is 26.3 Å². The number of ether oxygens (including phenoxy) is 2. The molecular weight excluding hydrogens is 592 g/mol. The highest BCUT2D eigenvalue weighted by Crippen LogP contribution is 2.82. The Labute approximate surface area is 289 Å². The molecule has 14 rings (SSSR count). The minimum Gasteiger partial charge on any atom is -0.500 e. The van der Waals surface area contributed by atoms with Gasteiger partial charge in [-0.2, -0.15) is 0 Å². The zero-order chi connectivity index (χ0) is 31.8. The zero-order valence-electron chi connectivity index (χ0n) is 29.8. The third-order valence-electron chi connectivity index (χ3n) is 20.1. The van der Waals surface area contributed by atoms with Crippen LogP contribution in [0, 0.1) is 74.4 Å². The normalized spacial score (nSPS) is 60.9. The molecule has 48 heavy (non-hydrogen) atoms. The average molecular weight is 655 g/mol. The molecule has 11 bridgehead atoms. The molecule has 0 aromatic rings. The van der Waals surface area contributed by atoms with Crippen LogP contribution in [-0.2, 0) is 9.47 Å². The molecule has 0 aromatic carbocycles. The summed E-state index contributed by atoms with van der Waals surface area (Å²) in [6, 6.07) is 0.677. The van der Waals surface area contributed by atoms with E-state index in [2.05, 4.69) is 29.6 Å². The van der Waals surface area contributed by atoms with E-state index >= 15 is 0 Å². The number of rotatable bonds is 4. The summed E-state index contributed by atoms with van der Waals surface area (Å²) in [4.78, 5) is 5.76. The lowest BCUT2D eigenvalue weighted by molar-refractivity contribution is -0.261. The van der Waals surface area contributed by atoms with Gasteiger partial charge in [-0.15, -0.1) is 0 Å². The topological polar surface area (TPSA) is 45.2 Å². The lowest BCUT2D eigenvalue weighted by Gasteiger charge is -2.72. The SMILES string of the molecule is C=C1C(O)[C@]23CC[C@H]1C[C@H]2[C@@]12CCC[C@H]4CN(CCO/C=C5\C[C@]67CC[C@H]5C[C@H]6C56CCC[C@@](C)(C8OCCN8C5)[C@H]6CC7)C1C3C[C@H]42. The molecule has 0 radical (unpaired) electrons. The monoisotopic (exact) mass is 654 g/mol. The van der Waals surface area contributed by atoms with Gasteiger partial charge in [0.2, 0.25) is 0 Å². The summed E-state index contributed by atoms with van der Waals surface area (Å²) in [6.07, 6.45) is 24.8. The molecule has 1 N–H and O–H groups in total. The van der Waals surface area contributed by atoms with Crippen molar-refractivity contribution >= 4 is 0 Å². The molecule has 3 saturated heterocycles. The molecule has 16 atom stereocenters. The first-order valence-corrected chi connectivity index (χ1v) is 21.1. The van der Waals surface area contributed by atoms with Gasteiger partial charge >= 0.3 is 0 Å². The molecule has 3 heterocycles. The maximum Gasteiger partial charge on any atom is 0.116 e. The van der Waals surface area contributed by atoms with Gasteiger partial charge in [0.15, 0.2) is 0 Å². The zero-order valence-corrected chi connectivity index (χ0v) is 29.8. The lowest BCUT2D eigenvalue weighted by atomic mass is 9.35. The third-order valence-corrected chi connectivity index (χ3v) is 20.1. The predicted molar refractivity (Wildman–Crippen MR) is 185 cm³/mol. The highest BCUT2D eigenvalue weighted by Gasteiger charge is 2.81. The predicted octanol–water partition coefficient (Wildman–Crippen LogP) is 7.41. The number of hydrogen-bond donors (Lipinski definition) is 1. The van der Waals surface area contributed by atoms with Gasteiger partial charge in [-0.25, -0.2) is 0 Å². The Hall–Kier alpha value is -0.880. The fourth-order valence-electron chi connectivity index (χ4n) is 19.1. The third kappa shape index (κ3) is 3.22. The standard InChI is InChI=1S/C43H62N2O3/c1-26-27-7-14-43(37(26)46)32-21-31-29-5-3-11-42(31,35(43)19-27)36(32)44(23-29)15-17-47-24-30-22-40-12-6-28(30)20-34(40)41-10-4-9-39(2,33(41)8-13-40)38-45(25-41)16-18-48-38/h24,27-29,31-38,46H,1,3-23,25H2,2H3/b30-24+/t27-,28-,29-,31+,32?,33+,34+,35-,36?,37?,38?,39+,40+,41?,42-,43-/m0/s1. The van der Waals surface area contributed by atoms with Gasteiger partial charge in [0, 0.05) is 43.1 Å². The quantitative estimate of drug-likeness (QED) is 0.194. The number of aliphatic hydroxyl groups is 1. The molecule has 14 fully saturated rings. The largest absolute Gasteiger partial charge is 0.500 e. The second-order valence-electron chi connectivity index (χ2n) is 20.8. The Kier molecular flexibility index (Phi) is 5.91. The number of aliphatic hydroxyl groups excluding tert-OH is 1. The van der Waals surface area contributed by atoms with E-state index in [1.165, 1.54) is 121 Å². The number of piperidine rings is 2. The van der Waals surface area contributed by atoms with Crippen LogP contribution in [0.4, 0.5) is 0 Å². The minimum atomic E-state index is -0.246. The Morgan fingerprint density at radius 1 is 0.917 bits per heavy atom. The first kappa shape index (κ1) is 29.7. The van der Waals surface area contributed by atoms with Crippen LogP contribution in [0.2, 0.25) is 0 Å². The molecule has 5 heteroatoms. The number of nitrogens with zero attached hydrogens (tertiary/aromatic N) is 2. The van der Waals surface area contributed by atoms with Crippen LogP contribution in [0.3, 0.4) is 0 Å².